The zero-order valence-electron chi connectivity index (χ0n) is 9.13. The molecule has 0 aliphatic carbocycles. The first-order valence-corrected chi connectivity index (χ1v) is 4.67. The van der Waals surface area contributed by atoms with E-state index in [1.54, 1.807) is 6.20 Å². The molecule has 1 aromatic rings. The van der Waals surface area contributed by atoms with Crippen LogP contribution < -0.4 is 5.73 Å². The largest absolute Gasteiger partial charge is 0.396 e. The highest BCUT2D eigenvalue weighted by Crippen LogP contribution is 2.29. The fourth-order valence-electron chi connectivity index (χ4n) is 1.54. The van der Waals surface area contributed by atoms with Crippen LogP contribution in [0.15, 0.2) is 6.20 Å². The molecule has 0 saturated carbocycles. The van der Waals surface area contributed by atoms with Crippen LogP contribution in [0, 0.1) is 0 Å². The van der Waals surface area contributed by atoms with Crippen LogP contribution >= 0.6 is 0 Å². The van der Waals surface area contributed by atoms with Crippen LogP contribution in [0.2, 0.25) is 0 Å². The summed E-state index contributed by atoms with van der Waals surface area (Å²) in [7, 11) is 0. The lowest BCUT2D eigenvalue weighted by atomic mass is 9.91. The van der Waals surface area contributed by atoms with Crippen LogP contribution in [0.4, 0.5) is 5.69 Å². The maximum atomic E-state index is 5.88. The lowest BCUT2D eigenvalue weighted by Crippen LogP contribution is -2.21. The SMILES string of the molecule is CC(C)n1ncc(N)c1C(C)(C)C. The van der Waals surface area contributed by atoms with E-state index in [1.165, 1.54) is 0 Å². The van der Waals surface area contributed by atoms with Crippen molar-refractivity contribution in [1.29, 1.82) is 0 Å². The van der Waals surface area contributed by atoms with Crippen molar-refractivity contribution in [2.75, 3.05) is 5.73 Å². The molecule has 2 N–H and O–H groups in total. The number of nitrogen functional groups attached to an aromatic ring is 1. The molecule has 0 radical (unpaired) electrons. The lowest BCUT2D eigenvalue weighted by Gasteiger charge is -2.23. The molecule has 0 saturated heterocycles. The smallest absolute Gasteiger partial charge is 0.0738 e. The fourth-order valence-corrected chi connectivity index (χ4v) is 1.54. The van der Waals surface area contributed by atoms with Gasteiger partial charge in [-0.25, -0.2) is 0 Å². The van der Waals surface area contributed by atoms with Crippen LogP contribution in [0.3, 0.4) is 0 Å². The van der Waals surface area contributed by atoms with E-state index in [4.69, 9.17) is 5.73 Å². The minimum atomic E-state index is 0.0604. The summed E-state index contributed by atoms with van der Waals surface area (Å²) in [6.07, 6.45) is 1.74. The summed E-state index contributed by atoms with van der Waals surface area (Å²) >= 11 is 0. The molecule has 0 fully saturated rings. The second kappa shape index (κ2) is 3.05. The Morgan fingerprint density at radius 2 is 1.92 bits per heavy atom. The summed E-state index contributed by atoms with van der Waals surface area (Å²) in [6, 6.07) is 0.367. The van der Waals surface area contributed by atoms with Gasteiger partial charge in [-0.05, 0) is 13.8 Å². The molecule has 13 heavy (non-hydrogen) atoms. The molecule has 0 aromatic carbocycles. The van der Waals surface area contributed by atoms with Gasteiger partial charge in [0.15, 0.2) is 0 Å². The van der Waals surface area contributed by atoms with Crippen molar-refractivity contribution in [3.8, 4) is 0 Å². The van der Waals surface area contributed by atoms with E-state index in [9.17, 15) is 0 Å². The Balaban J connectivity index is 3.25. The molecule has 1 aromatic heterocycles. The molecule has 0 unspecified atom stereocenters. The molecule has 3 nitrogen and oxygen atoms in total. The maximum absolute atomic E-state index is 5.88. The van der Waals surface area contributed by atoms with E-state index in [2.05, 4.69) is 39.7 Å². The summed E-state index contributed by atoms with van der Waals surface area (Å²) in [5.74, 6) is 0. The van der Waals surface area contributed by atoms with Crippen LogP contribution in [-0.2, 0) is 5.41 Å². The summed E-state index contributed by atoms with van der Waals surface area (Å²) in [5.41, 5.74) is 7.86. The minimum absolute atomic E-state index is 0.0604. The average molecular weight is 181 g/mol. The molecule has 0 aliphatic rings. The molecule has 1 heterocycles. The van der Waals surface area contributed by atoms with Crippen LogP contribution in [0.5, 0.6) is 0 Å². The van der Waals surface area contributed by atoms with Crippen molar-refractivity contribution < 1.29 is 0 Å². The normalized spacial score (nSPS) is 12.5. The first kappa shape index (κ1) is 10.1. The molecule has 0 atom stereocenters. The quantitative estimate of drug-likeness (QED) is 0.722. The molecule has 0 spiro atoms. The van der Waals surface area contributed by atoms with E-state index < -0.39 is 0 Å². The van der Waals surface area contributed by atoms with Gasteiger partial charge in [0.05, 0.1) is 17.6 Å². The third-order valence-corrected chi connectivity index (χ3v) is 2.02. The van der Waals surface area contributed by atoms with E-state index in [0.717, 1.165) is 11.4 Å². The van der Waals surface area contributed by atoms with Gasteiger partial charge in [0.2, 0.25) is 0 Å². The lowest BCUT2D eigenvalue weighted by molar-refractivity contribution is 0.447. The van der Waals surface area contributed by atoms with Gasteiger partial charge in [-0.3, -0.25) is 4.68 Å². The van der Waals surface area contributed by atoms with Gasteiger partial charge in [-0.1, -0.05) is 20.8 Å². The third-order valence-electron chi connectivity index (χ3n) is 2.02. The van der Waals surface area contributed by atoms with Crippen molar-refractivity contribution in [2.45, 2.75) is 46.1 Å². The van der Waals surface area contributed by atoms with Gasteiger partial charge in [-0.15, -0.1) is 0 Å². The third kappa shape index (κ3) is 1.85. The van der Waals surface area contributed by atoms with E-state index >= 15 is 0 Å². The Labute approximate surface area is 79.9 Å². The number of nitrogens with two attached hydrogens (primary N) is 1. The highest BCUT2D eigenvalue weighted by molar-refractivity contribution is 5.44. The Bertz CT molecular complexity index is 292. The summed E-state index contributed by atoms with van der Waals surface area (Å²) < 4.78 is 2.00. The van der Waals surface area contributed by atoms with Gasteiger partial charge < -0.3 is 5.73 Å². The predicted molar refractivity (Wildman–Crippen MR) is 55.7 cm³/mol. The summed E-state index contributed by atoms with van der Waals surface area (Å²) in [6.45, 7) is 10.7. The maximum Gasteiger partial charge on any atom is 0.0738 e. The first-order valence-electron chi connectivity index (χ1n) is 4.67. The number of anilines is 1. The molecular weight excluding hydrogens is 162 g/mol. The molecule has 1 rings (SSSR count). The standard InChI is InChI=1S/C10H19N3/c1-7(2)13-9(10(3,4)5)8(11)6-12-13/h6-7H,11H2,1-5H3. The highest BCUT2D eigenvalue weighted by Gasteiger charge is 2.23. The zero-order chi connectivity index (χ0) is 10.2. The second-order valence-electron chi connectivity index (χ2n) is 4.74. The van der Waals surface area contributed by atoms with Crippen LogP contribution in [0.25, 0.3) is 0 Å². The molecule has 0 amide bonds. The van der Waals surface area contributed by atoms with E-state index in [0.29, 0.717) is 6.04 Å². The van der Waals surface area contributed by atoms with Gasteiger partial charge in [0.1, 0.15) is 0 Å². The van der Waals surface area contributed by atoms with E-state index in [-0.39, 0.29) is 5.41 Å². The monoisotopic (exact) mass is 181 g/mol. The average Bonchev–Trinajstić information content (AvgIpc) is 2.28. The first-order chi connectivity index (χ1) is 5.84. The second-order valence-corrected chi connectivity index (χ2v) is 4.74. The molecule has 0 aliphatic heterocycles. The van der Waals surface area contributed by atoms with Gasteiger partial charge >= 0.3 is 0 Å². The van der Waals surface area contributed by atoms with Crippen molar-refractivity contribution in [3.05, 3.63) is 11.9 Å². The Kier molecular flexibility index (Phi) is 2.37. The molecule has 3 heteroatoms. The Morgan fingerprint density at radius 1 is 1.38 bits per heavy atom. The fraction of sp³-hybridized carbons (Fsp3) is 0.700. The number of hydrogen-bond donors (Lipinski definition) is 1. The molecule has 74 valence electrons. The van der Waals surface area contributed by atoms with Crippen LogP contribution in [0.1, 0.15) is 46.4 Å². The molecule has 0 bridgehead atoms. The number of hydrogen-bond acceptors (Lipinski definition) is 2. The summed E-state index contributed by atoms with van der Waals surface area (Å²) in [4.78, 5) is 0. The number of rotatable bonds is 1. The highest BCUT2D eigenvalue weighted by atomic mass is 15.3. The number of nitrogens with zero attached hydrogens (tertiary/aromatic N) is 2. The number of aromatic nitrogens is 2. The van der Waals surface area contributed by atoms with Crippen molar-refractivity contribution in [3.63, 3.8) is 0 Å². The van der Waals surface area contributed by atoms with E-state index in [1.807, 2.05) is 4.68 Å². The Morgan fingerprint density at radius 3 is 2.23 bits per heavy atom. The molecular formula is C10H19N3. The van der Waals surface area contributed by atoms with Crippen molar-refractivity contribution >= 4 is 5.69 Å². The summed E-state index contributed by atoms with van der Waals surface area (Å²) in [5, 5.41) is 4.27. The van der Waals surface area contributed by atoms with Crippen molar-refractivity contribution in [1.82, 2.24) is 9.78 Å². The van der Waals surface area contributed by atoms with Crippen LogP contribution in [-0.4, -0.2) is 9.78 Å². The van der Waals surface area contributed by atoms with Gasteiger partial charge in [0.25, 0.3) is 0 Å². The predicted octanol–water partition coefficient (Wildman–Crippen LogP) is 2.34. The topological polar surface area (TPSA) is 43.8 Å². The van der Waals surface area contributed by atoms with Gasteiger partial charge in [0, 0.05) is 11.5 Å². The zero-order valence-corrected chi connectivity index (χ0v) is 9.13. The Hall–Kier alpha value is -0.990. The van der Waals surface area contributed by atoms with Crippen molar-refractivity contribution in [2.24, 2.45) is 0 Å². The minimum Gasteiger partial charge on any atom is -0.396 e. The van der Waals surface area contributed by atoms with Gasteiger partial charge in [-0.2, -0.15) is 5.10 Å².